The third kappa shape index (κ3) is 3.66. The lowest BCUT2D eigenvalue weighted by Gasteiger charge is -2.03. The molecule has 1 aliphatic rings. The van der Waals surface area contributed by atoms with Gasteiger partial charge < -0.3 is 4.74 Å². The summed E-state index contributed by atoms with van der Waals surface area (Å²) in [6.07, 6.45) is 3.95. The maximum absolute atomic E-state index is 5.50. The predicted octanol–water partition coefficient (Wildman–Crippen LogP) is 1.41. The summed E-state index contributed by atoms with van der Waals surface area (Å²) >= 11 is 5.50. The molecule has 1 nitrogen and oxygen atoms in total. The van der Waals surface area contributed by atoms with Crippen LogP contribution in [0, 0.1) is 0 Å². The van der Waals surface area contributed by atoms with Crippen LogP contribution >= 0.6 is 11.6 Å². The molecule has 0 aromatic carbocycles. The van der Waals surface area contributed by atoms with Crippen molar-refractivity contribution in [1.82, 2.24) is 0 Å². The third-order valence-electron chi connectivity index (χ3n) is 1.46. The average molecular weight is 159 g/mol. The average Bonchev–Trinajstić information content (AvgIpc) is 2.19. The number of hydrogen-bond acceptors (Lipinski definition) is 1. The van der Waals surface area contributed by atoms with Gasteiger partial charge in [0.2, 0.25) is 0 Å². The second-order valence-electron chi connectivity index (χ2n) is 2.11. The van der Waals surface area contributed by atoms with E-state index in [0.29, 0.717) is 6.10 Å². The lowest BCUT2D eigenvalue weighted by atomic mass is 10.2. The standard InChI is InChI=1S/C6H11ClO.Mg/c7-4-3-6-2-1-5-8-6;/h6H,1-5H2;. The molecule has 9 heavy (non-hydrogen) atoms. The maximum atomic E-state index is 5.50. The fourth-order valence-corrected chi connectivity index (χ4v) is 1.24. The van der Waals surface area contributed by atoms with Gasteiger partial charge in [-0.1, -0.05) is 0 Å². The van der Waals surface area contributed by atoms with E-state index in [1.807, 2.05) is 0 Å². The van der Waals surface area contributed by atoms with E-state index in [1.165, 1.54) is 12.8 Å². The molecule has 0 bridgehead atoms. The van der Waals surface area contributed by atoms with Gasteiger partial charge in [-0.15, -0.1) is 11.6 Å². The highest BCUT2D eigenvalue weighted by Gasteiger charge is 2.13. The fourth-order valence-electron chi connectivity index (χ4n) is 0.994. The molecule has 50 valence electrons. The molecule has 0 N–H and O–H groups in total. The van der Waals surface area contributed by atoms with E-state index in [-0.39, 0.29) is 23.1 Å². The van der Waals surface area contributed by atoms with Gasteiger partial charge in [-0.05, 0) is 19.3 Å². The molecule has 1 heterocycles. The van der Waals surface area contributed by atoms with Crippen LogP contribution in [0.5, 0.6) is 0 Å². The van der Waals surface area contributed by atoms with Crippen LogP contribution in [0.25, 0.3) is 0 Å². The zero-order chi connectivity index (χ0) is 5.82. The molecule has 0 aliphatic carbocycles. The number of alkyl halides is 1. The summed E-state index contributed by atoms with van der Waals surface area (Å²) in [7, 11) is 0. The van der Waals surface area contributed by atoms with Crippen molar-refractivity contribution in [2.24, 2.45) is 0 Å². The largest absolute Gasteiger partial charge is 0.378 e. The second-order valence-corrected chi connectivity index (χ2v) is 2.49. The summed E-state index contributed by atoms with van der Waals surface area (Å²) in [4.78, 5) is 0. The molecule has 2 radical (unpaired) electrons. The quantitative estimate of drug-likeness (QED) is 0.437. The van der Waals surface area contributed by atoms with Crippen molar-refractivity contribution >= 4 is 34.7 Å². The molecule has 0 spiro atoms. The minimum atomic E-state index is 0. The molecule has 0 saturated carbocycles. The van der Waals surface area contributed by atoms with Crippen LogP contribution in [-0.2, 0) is 4.74 Å². The van der Waals surface area contributed by atoms with Crippen molar-refractivity contribution in [3.05, 3.63) is 0 Å². The van der Waals surface area contributed by atoms with Gasteiger partial charge in [0.25, 0.3) is 0 Å². The van der Waals surface area contributed by atoms with Gasteiger partial charge in [-0.25, -0.2) is 0 Å². The first-order valence-corrected chi connectivity index (χ1v) is 3.64. The SMILES string of the molecule is ClCCC1CCCO1.[Mg]. The van der Waals surface area contributed by atoms with E-state index in [1.54, 1.807) is 0 Å². The molecule has 1 aliphatic heterocycles. The van der Waals surface area contributed by atoms with Crippen LogP contribution in [0.4, 0.5) is 0 Å². The molecule has 1 fully saturated rings. The number of ether oxygens (including phenoxy) is 1. The fraction of sp³-hybridized carbons (Fsp3) is 1.00. The summed E-state index contributed by atoms with van der Waals surface area (Å²) in [5.41, 5.74) is 0. The number of rotatable bonds is 2. The Hall–Kier alpha value is 1.02. The molecule has 1 atom stereocenters. The van der Waals surface area contributed by atoms with Crippen molar-refractivity contribution < 1.29 is 4.74 Å². The van der Waals surface area contributed by atoms with E-state index < -0.39 is 0 Å². The minimum Gasteiger partial charge on any atom is -0.378 e. The molecule has 0 aromatic heterocycles. The smallest absolute Gasteiger partial charge is 0.0587 e. The van der Waals surface area contributed by atoms with Crippen molar-refractivity contribution in [2.45, 2.75) is 25.4 Å². The Bertz CT molecular complexity index is 64.1. The lowest BCUT2D eigenvalue weighted by molar-refractivity contribution is 0.109. The highest BCUT2D eigenvalue weighted by Crippen LogP contribution is 2.15. The molecular weight excluding hydrogens is 148 g/mol. The molecule has 1 unspecified atom stereocenters. The van der Waals surface area contributed by atoms with Gasteiger partial charge in [0.1, 0.15) is 0 Å². The number of halogens is 1. The van der Waals surface area contributed by atoms with Crippen LogP contribution in [-0.4, -0.2) is 41.6 Å². The summed E-state index contributed by atoms with van der Waals surface area (Å²) in [5, 5.41) is 0. The zero-order valence-corrected chi connectivity index (χ0v) is 7.78. The zero-order valence-electron chi connectivity index (χ0n) is 5.61. The Morgan fingerprint density at radius 1 is 1.56 bits per heavy atom. The lowest BCUT2D eigenvalue weighted by Crippen LogP contribution is -2.04. The van der Waals surface area contributed by atoms with Crippen LogP contribution in [0.2, 0.25) is 0 Å². The summed E-state index contributed by atoms with van der Waals surface area (Å²) < 4.78 is 5.31. The number of hydrogen-bond donors (Lipinski definition) is 0. The monoisotopic (exact) mass is 158 g/mol. The van der Waals surface area contributed by atoms with Crippen molar-refractivity contribution in [2.75, 3.05) is 12.5 Å². The van der Waals surface area contributed by atoms with Crippen molar-refractivity contribution in [3.8, 4) is 0 Å². The molecule has 1 saturated heterocycles. The Balaban J connectivity index is 0.000000640. The molecule has 3 heteroatoms. The van der Waals surface area contributed by atoms with E-state index >= 15 is 0 Å². The van der Waals surface area contributed by atoms with Crippen LogP contribution < -0.4 is 0 Å². The van der Waals surface area contributed by atoms with Crippen LogP contribution in [0.1, 0.15) is 19.3 Å². The van der Waals surface area contributed by atoms with E-state index in [4.69, 9.17) is 16.3 Å². The molecule has 0 aromatic rings. The van der Waals surface area contributed by atoms with Crippen LogP contribution in [0.15, 0.2) is 0 Å². The summed E-state index contributed by atoms with van der Waals surface area (Å²) in [6, 6.07) is 0. The van der Waals surface area contributed by atoms with Crippen LogP contribution in [0.3, 0.4) is 0 Å². The van der Waals surface area contributed by atoms with Gasteiger partial charge in [0.15, 0.2) is 0 Å². The Morgan fingerprint density at radius 3 is 2.78 bits per heavy atom. The summed E-state index contributed by atoms with van der Waals surface area (Å²) in [6.45, 7) is 0.946. The van der Waals surface area contributed by atoms with Gasteiger partial charge in [-0.2, -0.15) is 0 Å². The van der Waals surface area contributed by atoms with E-state index in [0.717, 1.165) is 18.9 Å². The first kappa shape index (κ1) is 10.0. The highest BCUT2D eigenvalue weighted by molar-refractivity contribution is 6.17. The first-order chi connectivity index (χ1) is 3.93. The second kappa shape index (κ2) is 5.78. The third-order valence-corrected chi connectivity index (χ3v) is 1.67. The Morgan fingerprint density at radius 2 is 2.33 bits per heavy atom. The van der Waals surface area contributed by atoms with Crippen molar-refractivity contribution in [3.63, 3.8) is 0 Å². The molecule has 1 rings (SSSR count). The Kier molecular flexibility index (Phi) is 6.43. The van der Waals surface area contributed by atoms with Crippen molar-refractivity contribution in [1.29, 1.82) is 0 Å². The van der Waals surface area contributed by atoms with Gasteiger partial charge >= 0.3 is 0 Å². The topological polar surface area (TPSA) is 9.23 Å². The first-order valence-electron chi connectivity index (χ1n) is 3.11. The van der Waals surface area contributed by atoms with E-state index in [2.05, 4.69) is 0 Å². The minimum absolute atomic E-state index is 0. The Labute approximate surface area is 77.2 Å². The summed E-state index contributed by atoms with van der Waals surface area (Å²) in [5.74, 6) is 0.741. The van der Waals surface area contributed by atoms with Gasteiger partial charge in [-0.3, -0.25) is 0 Å². The normalized spacial score (nSPS) is 25.7. The van der Waals surface area contributed by atoms with E-state index in [9.17, 15) is 0 Å². The highest BCUT2D eigenvalue weighted by atomic mass is 35.5. The maximum Gasteiger partial charge on any atom is 0.0587 e. The predicted molar refractivity (Wildman–Crippen MR) is 40.1 cm³/mol. The molecule has 0 amide bonds. The molecular formula is C6H11ClMgO. The van der Waals surface area contributed by atoms with Gasteiger partial charge in [0, 0.05) is 35.5 Å². The van der Waals surface area contributed by atoms with Gasteiger partial charge in [0.05, 0.1) is 6.10 Å².